The second kappa shape index (κ2) is 9.57. The van der Waals surface area contributed by atoms with Crippen molar-refractivity contribution in [2.24, 2.45) is 0 Å². The summed E-state index contributed by atoms with van der Waals surface area (Å²) in [5, 5.41) is 0. The molecule has 0 aliphatic rings. The number of allylic oxidation sites excluding steroid dienone is 1. The van der Waals surface area contributed by atoms with Gasteiger partial charge < -0.3 is 9.47 Å². The van der Waals surface area contributed by atoms with E-state index in [2.05, 4.69) is 6.92 Å². The zero-order valence-electron chi connectivity index (χ0n) is 17.3. The maximum Gasteiger partial charge on any atom is 0.195 e. The van der Waals surface area contributed by atoms with Gasteiger partial charge in [0.1, 0.15) is 18.1 Å². The van der Waals surface area contributed by atoms with E-state index in [0.29, 0.717) is 6.61 Å². The van der Waals surface area contributed by atoms with Crippen LogP contribution in [-0.4, -0.2) is 12.9 Å². The minimum absolute atomic E-state index is 0.0267. The van der Waals surface area contributed by atoms with E-state index in [1.807, 2.05) is 68.5 Å². The largest absolute Gasteiger partial charge is 0.496 e. The molecule has 0 saturated heterocycles. The number of carbonyl (C=O) groups excluding carboxylic acids is 1. The van der Waals surface area contributed by atoms with Crippen LogP contribution in [0.2, 0.25) is 0 Å². The number of aryl methyl sites for hydroxylation is 3. The lowest BCUT2D eigenvalue weighted by atomic mass is 10.1. The number of carbonyl (C=O) groups is 1. The van der Waals surface area contributed by atoms with Crippen LogP contribution < -0.4 is 9.47 Å². The van der Waals surface area contributed by atoms with Crippen molar-refractivity contribution in [3.8, 4) is 11.5 Å². The van der Waals surface area contributed by atoms with Gasteiger partial charge in [-0.1, -0.05) is 37.3 Å². The molecule has 29 heavy (non-hydrogen) atoms. The molecule has 0 unspecified atom stereocenters. The van der Waals surface area contributed by atoms with Crippen molar-refractivity contribution in [2.75, 3.05) is 7.11 Å². The molecule has 0 atom stereocenters. The molecule has 3 rings (SSSR count). The third-order valence-corrected chi connectivity index (χ3v) is 6.01. The Balaban J connectivity index is 1.76. The molecule has 0 radical (unpaired) electrons. The van der Waals surface area contributed by atoms with E-state index in [0.717, 1.165) is 45.1 Å². The maximum absolute atomic E-state index is 12.4. The molecule has 0 aliphatic carbocycles. The topological polar surface area (TPSA) is 35.5 Å². The molecule has 0 N–H and O–H groups in total. The minimum atomic E-state index is 0.0267. The summed E-state index contributed by atoms with van der Waals surface area (Å²) >= 11 is 1.55. The number of ether oxygens (including phenoxy) is 2. The summed E-state index contributed by atoms with van der Waals surface area (Å²) in [5.74, 6) is 1.69. The predicted molar refractivity (Wildman–Crippen MR) is 120 cm³/mol. The van der Waals surface area contributed by atoms with Crippen LogP contribution in [0.15, 0.2) is 54.6 Å². The third-order valence-electron chi connectivity index (χ3n) is 4.77. The monoisotopic (exact) mass is 406 g/mol. The molecule has 2 aromatic carbocycles. The Hall–Kier alpha value is -2.85. The van der Waals surface area contributed by atoms with Gasteiger partial charge in [0.05, 0.1) is 12.0 Å². The average molecular weight is 407 g/mol. The first kappa shape index (κ1) is 20.9. The summed E-state index contributed by atoms with van der Waals surface area (Å²) in [6, 6.07) is 15.9. The van der Waals surface area contributed by atoms with Crippen molar-refractivity contribution in [1.29, 1.82) is 0 Å². The number of thiophene rings is 1. The summed E-state index contributed by atoms with van der Waals surface area (Å²) in [6.07, 6.45) is 4.42. The van der Waals surface area contributed by atoms with Crippen molar-refractivity contribution in [2.45, 2.75) is 33.8 Å². The van der Waals surface area contributed by atoms with Crippen LogP contribution in [0.1, 0.15) is 43.7 Å². The summed E-state index contributed by atoms with van der Waals surface area (Å²) in [5.41, 5.74) is 4.08. The van der Waals surface area contributed by atoms with Gasteiger partial charge in [0.2, 0.25) is 0 Å². The summed E-state index contributed by atoms with van der Waals surface area (Å²) in [7, 11) is 1.65. The minimum Gasteiger partial charge on any atom is -0.496 e. The predicted octanol–water partition coefficient (Wildman–Crippen LogP) is 6.41. The van der Waals surface area contributed by atoms with Crippen LogP contribution in [0.4, 0.5) is 0 Å². The zero-order valence-corrected chi connectivity index (χ0v) is 18.1. The number of benzene rings is 2. The average Bonchev–Trinajstić information content (AvgIpc) is 3.21. The van der Waals surface area contributed by atoms with Gasteiger partial charge in [-0.2, -0.15) is 0 Å². The van der Waals surface area contributed by atoms with E-state index in [-0.39, 0.29) is 5.78 Å². The van der Waals surface area contributed by atoms with Crippen molar-refractivity contribution >= 4 is 23.2 Å². The fourth-order valence-corrected chi connectivity index (χ4v) is 4.01. The molecule has 4 heteroatoms. The normalized spacial score (nSPS) is 11.0. The van der Waals surface area contributed by atoms with Crippen LogP contribution in [0.5, 0.6) is 11.5 Å². The van der Waals surface area contributed by atoms with Gasteiger partial charge in [-0.15, -0.1) is 11.3 Å². The van der Waals surface area contributed by atoms with Gasteiger partial charge in [-0.05, 0) is 67.3 Å². The zero-order chi connectivity index (χ0) is 20.8. The molecule has 0 amide bonds. The molecule has 0 fully saturated rings. The first-order valence-electron chi connectivity index (χ1n) is 9.69. The van der Waals surface area contributed by atoms with Crippen molar-refractivity contribution in [1.82, 2.24) is 0 Å². The van der Waals surface area contributed by atoms with E-state index in [9.17, 15) is 4.79 Å². The maximum atomic E-state index is 12.4. The molecular formula is C25H26O3S. The van der Waals surface area contributed by atoms with E-state index >= 15 is 0 Å². The van der Waals surface area contributed by atoms with Crippen LogP contribution in [0, 0.1) is 13.8 Å². The second-order valence-corrected chi connectivity index (χ2v) is 8.07. The van der Waals surface area contributed by atoms with E-state index in [1.54, 1.807) is 24.5 Å². The Labute approximate surface area is 176 Å². The molecule has 0 saturated carbocycles. The fourth-order valence-electron chi connectivity index (χ4n) is 3.15. The molecular weight excluding hydrogens is 380 g/mol. The number of methoxy groups -OCH3 is 1. The number of ketones is 1. The molecule has 0 aliphatic heterocycles. The van der Waals surface area contributed by atoms with Crippen LogP contribution >= 0.6 is 11.3 Å². The van der Waals surface area contributed by atoms with Gasteiger partial charge in [0, 0.05) is 10.4 Å². The molecule has 0 bridgehead atoms. The van der Waals surface area contributed by atoms with Gasteiger partial charge in [-0.25, -0.2) is 0 Å². The molecule has 150 valence electrons. The summed E-state index contributed by atoms with van der Waals surface area (Å²) < 4.78 is 11.6. The van der Waals surface area contributed by atoms with Gasteiger partial charge in [0.15, 0.2) is 5.78 Å². The van der Waals surface area contributed by atoms with Crippen molar-refractivity contribution < 1.29 is 14.3 Å². The first-order chi connectivity index (χ1) is 14.0. The Bertz CT molecular complexity index is 1010. The van der Waals surface area contributed by atoms with E-state index in [4.69, 9.17) is 9.47 Å². The quantitative estimate of drug-likeness (QED) is 0.320. The Kier molecular flexibility index (Phi) is 6.89. The highest BCUT2D eigenvalue weighted by Crippen LogP contribution is 2.27. The standard InChI is InChI=1S/C25H26O3S/c1-5-21-11-14-24(29-21)22(26)12-9-19-10-13-23(27-4)20(15-19)16-28-25-17(2)7-6-8-18(25)3/h6-15H,5,16H2,1-4H3/b12-9+. The number of rotatable bonds is 8. The van der Waals surface area contributed by atoms with Gasteiger partial charge in [-0.3, -0.25) is 4.79 Å². The van der Waals surface area contributed by atoms with Gasteiger partial charge >= 0.3 is 0 Å². The first-order valence-corrected chi connectivity index (χ1v) is 10.5. The molecule has 3 aromatic rings. The van der Waals surface area contributed by atoms with Crippen LogP contribution in [-0.2, 0) is 13.0 Å². The highest BCUT2D eigenvalue weighted by Gasteiger charge is 2.09. The third kappa shape index (κ3) is 5.15. The summed E-state index contributed by atoms with van der Waals surface area (Å²) in [6.45, 7) is 6.57. The lowest BCUT2D eigenvalue weighted by Crippen LogP contribution is -2.01. The SMILES string of the molecule is CCc1ccc(C(=O)/C=C/c2ccc(OC)c(COc3c(C)cccc3C)c2)s1. The summed E-state index contributed by atoms with van der Waals surface area (Å²) in [4.78, 5) is 14.4. The lowest BCUT2D eigenvalue weighted by Gasteiger charge is -2.14. The molecule has 1 heterocycles. The Morgan fingerprint density at radius 2 is 1.83 bits per heavy atom. The van der Waals surface area contributed by atoms with E-state index in [1.165, 1.54) is 4.88 Å². The second-order valence-electron chi connectivity index (χ2n) is 6.90. The van der Waals surface area contributed by atoms with Crippen molar-refractivity contribution in [3.05, 3.63) is 86.6 Å². The van der Waals surface area contributed by atoms with Crippen molar-refractivity contribution in [3.63, 3.8) is 0 Å². The molecule has 0 spiro atoms. The van der Waals surface area contributed by atoms with Gasteiger partial charge in [0.25, 0.3) is 0 Å². The highest BCUT2D eigenvalue weighted by molar-refractivity contribution is 7.14. The fraction of sp³-hybridized carbons (Fsp3) is 0.240. The highest BCUT2D eigenvalue weighted by atomic mass is 32.1. The Morgan fingerprint density at radius 3 is 2.48 bits per heavy atom. The number of para-hydroxylation sites is 1. The lowest BCUT2D eigenvalue weighted by molar-refractivity contribution is 0.105. The number of hydrogen-bond acceptors (Lipinski definition) is 4. The van der Waals surface area contributed by atoms with Crippen LogP contribution in [0.25, 0.3) is 6.08 Å². The van der Waals surface area contributed by atoms with E-state index < -0.39 is 0 Å². The Morgan fingerprint density at radius 1 is 1.07 bits per heavy atom. The molecule has 3 nitrogen and oxygen atoms in total. The molecule has 1 aromatic heterocycles. The number of hydrogen-bond donors (Lipinski definition) is 0. The smallest absolute Gasteiger partial charge is 0.195 e. The van der Waals surface area contributed by atoms with Crippen LogP contribution in [0.3, 0.4) is 0 Å².